The van der Waals surface area contributed by atoms with E-state index in [1.54, 1.807) is 6.07 Å². The highest BCUT2D eigenvalue weighted by molar-refractivity contribution is 5.69. The second-order valence-corrected chi connectivity index (χ2v) is 5.43. The summed E-state index contributed by atoms with van der Waals surface area (Å²) < 4.78 is 6.98. The molecule has 2 aromatic heterocycles. The Morgan fingerprint density at radius 1 is 1.29 bits per heavy atom. The van der Waals surface area contributed by atoms with Gasteiger partial charge in [0, 0.05) is 17.4 Å². The van der Waals surface area contributed by atoms with Crippen molar-refractivity contribution < 1.29 is 9.53 Å². The van der Waals surface area contributed by atoms with Crippen LogP contribution in [0.5, 0.6) is 0 Å². The van der Waals surface area contributed by atoms with Crippen molar-refractivity contribution >= 4 is 23.3 Å². The van der Waals surface area contributed by atoms with Crippen molar-refractivity contribution in [1.82, 2.24) is 19.2 Å². The van der Waals surface area contributed by atoms with Crippen LogP contribution in [-0.4, -0.2) is 32.2 Å². The van der Waals surface area contributed by atoms with Crippen molar-refractivity contribution in [3.63, 3.8) is 0 Å². The largest absolute Gasteiger partial charge is 0.468 e. The third-order valence-corrected chi connectivity index (χ3v) is 3.48. The lowest BCUT2D eigenvalue weighted by atomic mass is 10.2. The van der Waals surface area contributed by atoms with Gasteiger partial charge < -0.3 is 10.1 Å². The molecule has 0 spiro atoms. The van der Waals surface area contributed by atoms with Gasteiger partial charge in [-0.1, -0.05) is 12.1 Å². The van der Waals surface area contributed by atoms with E-state index in [0.29, 0.717) is 17.3 Å². The summed E-state index contributed by atoms with van der Waals surface area (Å²) in [5, 5.41) is 7.30. The Morgan fingerprint density at radius 3 is 2.79 bits per heavy atom. The summed E-state index contributed by atoms with van der Waals surface area (Å²) in [4.78, 5) is 28.4. The Balaban J connectivity index is 2.10. The first-order valence-electron chi connectivity index (χ1n) is 7.35. The van der Waals surface area contributed by atoms with Gasteiger partial charge in [0.05, 0.1) is 7.11 Å². The first-order valence-corrected chi connectivity index (χ1v) is 7.35. The van der Waals surface area contributed by atoms with E-state index in [0.717, 1.165) is 15.9 Å². The van der Waals surface area contributed by atoms with E-state index in [-0.39, 0.29) is 6.54 Å². The summed E-state index contributed by atoms with van der Waals surface area (Å²) in [6.45, 7) is 3.54. The van der Waals surface area contributed by atoms with Crippen molar-refractivity contribution in [3.05, 3.63) is 52.1 Å². The second kappa shape index (κ2) is 6.15. The van der Waals surface area contributed by atoms with Gasteiger partial charge in [0.15, 0.2) is 5.65 Å². The molecule has 8 nitrogen and oxygen atoms in total. The lowest BCUT2D eigenvalue weighted by Gasteiger charge is -2.08. The van der Waals surface area contributed by atoms with Gasteiger partial charge in [0.25, 0.3) is 0 Å². The normalized spacial score (nSPS) is 10.8. The van der Waals surface area contributed by atoms with E-state index in [4.69, 9.17) is 0 Å². The highest BCUT2D eigenvalue weighted by Crippen LogP contribution is 2.16. The number of aryl methyl sites for hydroxylation is 2. The molecule has 0 aliphatic rings. The first kappa shape index (κ1) is 15.7. The van der Waals surface area contributed by atoms with Crippen molar-refractivity contribution in [2.75, 3.05) is 12.4 Å². The average molecular weight is 327 g/mol. The minimum Gasteiger partial charge on any atom is -0.468 e. The number of ether oxygens (including phenoxy) is 1. The number of fused-ring (bicyclic) bond motifs is 1. The van der Waals surface area contributed by atoms with Gasteiger partial charge >= 0.3 is 11.7 Å². The Bertz CT molecular complexity index is 973. The zero-order chi connectivity index (χ0) is 17.3. The molecule has 0 saturated heterocycles. The maximum atomic E-state index is 12.5. The van der Waals surface area contributed by atoms with E-state index >= 15 is 0 Å². The quantitative estimate of drug-likeness (QED) is 0.729. The molecule has 0 aliphatic heterocycles. The molecule has 0 atom stereocenters. The van der Waals surface area contributed by atoms with Crippen LogP contribution >= 0.6 is 0 Å². The van der Waals surface area contributed by atoms with E-state index in [9.17, 15) is 9.59 Å². The predicted molar refractivity (Wildman–Crippen MR) is 88.5 cm³/mol. The summed E-state index contributed by atoms with van der Waals surface area (Å²) in [5.74, 6) is -0.199. The van der Waals surface area contributed by atoms with Gasteiger partial charge in [-0.3, -0.25) is 4.79 Å². The van der Waals surface area contributed by atoms with Gasteiger partial charge in [-0.2, -0.15) is 0 Å². The molecular formula is C16H17N5O3. The molecule has 1 N–H and O–H groups in total. The molecule has 124 valence electrons. The smallest absolute Gasteiger partial charge is 0.353 e. The summed E-state index contributed by atoms with van der Waals surface area (Å²) in [6.07, 6.45) is 0. The predicted octanol–water partition coefficient (Wildman–Crippen LogP) is 1.42. The van der Waals surface area contributed by atoms with Crippen LogP contribution in [0.25, 0.3) is 5.65 Å². The van der Waals surface area contributed by atoms with Crippen LogP contribution in [0.3, 0.4) is 0 Å². The van der Waals surface area contributed by atoms with Crippen LogP contribution in [0, 0.1) is 13.8 Å². The number of methoxy groups -OCH3 is 1. The van der Waals surface area contributed by atoms with E-state index in [1.165, 1.54) is 11.5 Å². The lowest BCUT2D eigenvalue weighted by molar-refractivity contribution is -0.141. The molecule has 2 heterocycles. The number of carbonyl (C=O) groups excluding carboxylic acids is 1. The van der Waals surface area contributed by atoms with Crippen molar-refractivity contribution in [2.24, 2.45) is 0 Å². The number of carbonyl (C=O) groups is 1. The third kappa shape index (κ3) is 2.98. The number of aromatic nitrogens is 4. The number of esters is 1. The first-order chi connectivity index (χ1) is 11.5. The van der Waals surface area contributed by atoms with Crippen LogP contribution in [0.2, 0.25) is 0 Å². The molecular weight excluding hydrogens is 310 g/mol. The molecule has 3 rings (SSSR count). The average Bonchev–Trinajstić information content (AvgIpc) is 2.83. The molecule has 8 heteroatoms. The maximum absolute atomic E-state index is 12.5. The number of hydrogen-bond acceptors (Lipinski definition) is 6. The van der Waals surface area contributed by atoms with Crippen molar-refractivity contribution in [2.45, 2.75) is 20.4 Å². The molecule has 0 radical (unpaired) electrons. The number of hydrogen-bond donors (Lipinski definition) is 1. The minimum absolute atomic E-state index is 0.250. The summed E-state index contributed by atoms with van der Waals surface area (Å²) >= 11 is 0. The Hall–Kier alpha value is -3.16. The highest BCUT2D eigenvalue weighted by Gasteiger charge is 2.15. The van der Waals surface area contributed by atoms with Crippen molar-refractivity contribution in [1.29, 1.82) is 0 Å². The monoisotopic (exact) mass is 327 g/mol. The second-order valence-electron chi connectivity index (χ2n) is 5.43. The molecule has 0 fully saturated rings. The van der Waals surface area contributed by atoms with Gasteiger partial charge in [-0.15, -0.1) is 5.10 Å². The fourth-order valence-electron chi connectivity index (χ4n) is 2.38. The molecule has 0 amide bonds. The summed E-state index contributed by atoms with van der Waals surface area (Å²) in [5.41, 5.74) is 2.54. The molecule has 0 bridgehead atoms. The number of anilines is 2. The number of nitrogens with one attached hydrogen (secondary N) is 1. The molecule has 24 heavy (non-hydrogen) atoms. The highest BCUT2D eigenvalue weighted by atomic mass is 16.5. The number of benzene rings is 1. The zero-order valence-electron chi connectivity index (χ0n) is 13.6. The molecule has 1 aromatic carbocycles. The van der Waals surface area contributed by atoms with Gasteiger partial charge in [-0.05, 0) is 31.5 Å². The van der Waals surface area contributed by atoms with Gasteiger partial charge in [-0.25, -0.2) is 18.9 Å². The van der Waals surface area contributed by atoms with Crippen LogP contribution < -0.4 is 11.0 Å². The van der Waals surface area contributed by atoms with E-state index in [1.807, 2.05) is 38.1 Å². The maximum Gasteiger partial charge on any atom is 0.353 e. The lowest BCUT2D eigenvalue weighted by Crippen LogP contribution is -2.26. The molecule has 3 aromatic rings. The SMILES string of the molecule is COC(=O)Cn1nc2cc(C)nc(Nc3cccc(C)c3)n2c1=O. The van der Waals surface area contributed by atoms with Crippen LogP contribution in [-0.2, 0) is 16.1 Å². The fraction of sp³-hybridized carbons (Fsp3) is 0.250. The van der Waals surface area contributed by atoms with E-state index < -0.39 is 11.7 Å². The van der Waals surface area contributed by atoms with Crippen LogP contribution in [0.1, 0.15) is 11.3 Å². The third-order valence-electron chi connectivity index (χ3n) is 3.48. The van der Waals surface area contributed by atoms with Crippen LogP contribution in [0.15, 0.2) is 35.1 Å². The molecule has 0 saturated carbocycles. The van der Waals surface area contributed by atoms with E-state index in [2.05, 4.69) is 20.1 Å². The Labute approximate surface area is 137 Å². The Morgan fingerprint density at radius 2 is 2.08 bits per heavy atom. The fourth-order valence-corrected chi connectivity index (χ4v) is 2.38. The summed E-state index contributed by atoms with van der Waals surface area (Å²) in [7, 11) is 1.26. The standard InChI is InChI=1S/C16H17N5O3/c1-10-5-4-6-12(7-10)18-15-17-11(2)8-13-19-20(9-14(22)24-3)16(23)21(13)15/h4-8H,9H2,1-3H3,(H,17,18). The molecule has 0 unspecified atom stereocenters. The van der Waals surface area contributed by atoms with Gasteiger partial charge in [0.1, 0.15) is 6.54 Å². The van der Waals surface area contributed by atoms with Crippen molar-refractivity contribution in [3.8, 4) is 0 Å². The van der Waals surface area contributed by atoms with Gasteiger partial charge in [0.2, 0.25) is 5.95 Å². The minimum atomic E-state index is -0.543. The molecule has 0 aliphatic carbocycles. The topological polar surface area (TPSA) is 90.5 Å². The zero-order valence-corrected chi connectivity index (χ0v) is 13.6. The number of rotatable bonds is 4. The number of nitrogens with zero attached hydrogens (tertiary/aromatic N) is 4. The van der Waals surface area contributed by atoms with Crippen LogP contribution in [0.4, 0.5) is 11.6 Å². The Kier molecular flexibility index (Phi) is 4.03. The summed E-state index contributed by atoms with van der Waals surface area (Å²) in [6, 6.07) is 9.39.